The molecule has 0 amide bonds. The number of pyridine rings is 1. The summed E-state index contributed by atoms with van der Waals surface area (Å²) in [5, 5.41) is 9.67. The summed E-state index contributed by atoms with van der Waals surface area (Å²) in [7, 11) is 0. The monoisotopic (exact) mass is 377 g/mol. The summed E-state index contributed by atoms with van der Waals surface area (Å²) in [6.45, 7) is 0. The van der Waals surface area contributed by atoms with Crippen LogP contribution in [-0.2, 0) is 0 Å². The van der Waals surface area contributed by atoms with Crippen LogP contribution in [0.15, 0.2) is 57.8 Å². The smallest absolute Gasteiger partial charge is 0.298 e. The molecule has 3 aromatic rings. The lowest BCUT2D eigenvalue weighted by Crippen LogP contribution is -2.20. The van der Waals surface area contributed by atoms with E-state index in [0.29, 0.717) is 16.6 Å². The van der Waals surface area contributed by atoms with Crippen LogP contribution in [0.25, 0.3) is 16.6 Å². The van der Waals surface area contributed by atoms with Crippen LogP contribution in [0.1, 0.15) is 10.4 Å². The van der Waals surface area contributed by atoms with Crippen LogP contribution in [-0.4, -0.2) is 14.9 Å². The molecule has 0 atom stereocenters. The van der Waals surface area contributed by atoms with Crippen LogP contribution < -0.4 is 5.56 Å². The minimum Gasteiger partial charge on any atom is -0.502 e. The first-order valence-electron chi connectivity index (χ1n) is 6.33. The van der Waals surface area contributed by atoms with Crippen molar-refractivity contribution in [2.75, 3.05) is 0 Å². The predicted octanol–water partition coefficient (Wildman–Crippen LogP) is 3.84. The highest BCUT2D eigenvalue weighted by atomic mass is 79.9. The lowest BCUT2D eigenvalue weighted by molar-refractivity contribution is 0.108. The van der Waals surface area contributed by atoms with Crippen molar-refractivity contribution in [2.24, 2.45) is 0 Å². The van der Waals surface area contributed by atoms with Gasteiger partial charge in [-0.05, 0) is 41.9 Å². The fourth-order valence-corrected chi connectivity index (χ4v) is 2.83. The van der Waals surface area contributed by atoms with E-state index in [-0.39, 0.29) is 5.56 Å². The SMILES string of the molecule is O=C(Cl)c1c(O)c(=O)n(-c2ccc(Br)cc2)c2ccccc12. The summed E-state index contributed by atoms with van der Waals surface area (Å²) < 4.78 is 2.21. The molecule has 1 aromatic heterocycles. The van der Waals surface area contributed by atoms with Gasteiger partial charge in [0.1, 0.15) is 0 Å². The summed E-state index contributed by atoms with van der Waals surface area (Å²) in [5.41, 5.74) is 0.213. The number of hydrogen-bond acceptors (Lipinski definition) is 3. The summed E-state index contributed by atoms with van der Waals surface area (Å²) in [6.07, 6.45) is 0. The molecule has 0 saturated carbocycles. The zero-order chi connectivity index (χ0) is 15.9. The number of halogens is 2. The van der Waals surface area contributed by atoms with Gasteiger partial charge in [-0.3, -0.25) is 14.2 Å². The molecule has 2 aromatic carbocycles. The first-order valence-corrected chi connectivity index (χ1v) is 7.50. The van der Waals surface area contributed by atoms with Crippen molar-refractivity contribution in [3.05, 3.63) is 68.9 Å². The Hall–Kier alpha value is -2.11. The molecule has 0 bridgehead atoms. The van der Waals surface area contributed by atoms with E-state index in [1.807, 2.05) is 0 Å². The maximum Gasteiger partial charge on any atom is 0.298 e. The van der Waals surface area contributed by atoms with Crippen LogP contribution in [0.3, 0.4) is 0 Å². The fraction of sp³-hybridized carbons (Fsp3) is 0. The molecule has 110 valence electrons. The molecular formula is C16H9BrClNO3. The van der Waals surface area contributed by atoms with Crippen LogP contribution in [0, 0.1) is 0 Å². The van der Waals surface area contributed by atoms with Crippen LogP contribution in [0.5, 0.6) is 5.75 Å². The minimum atomic E-state index is -0.867. The Bertz CT molecular complexity index is 948. The van der Waals surface area contributed by atoms with E-state index in [9.17, 15) is 14.7 Å². The van der Waals surface area contributed by atoms with Crippen molar-refractivity contribution in [3.8, 4) is 11.4 Å². The van der Waals surface area contributed by atoms with Crippen molar-refractivity contribution < 1.29 is 9.90 Å². The quantitative estimate of drug-likeness (QED) is 0.689. The van der Waals surface area contributed by atoms with Crippen molar-refractivity contribution in [1.82, 2.24) is 4.57 Å². The van der Waals surface area contributed by atoms with Gasteiger partial charge in [-0.1, -0.05) is 34.1 Å². The first-order chi connectivity index (χ1) is 10.5. The number of fused-ring (bicyclic) bond motifs is 1. The standard InChI is InChI=1S/C16H9BrClNO3/c17-9-5-7-10(8-6-9)19-12-4-2-1-3-11(12)13(15(18)21)14(20)16(19)22/h1-8,20H. The Kier molecular flexibility index (Phi) is 3.76. The van der Waals surface area contributed by atoms with Gasteiger partial charge in [0.05, 0.1) is 11.1 Å². The second-order valence-corrected chi connectivity index (χ2v) is 5.89. The van der Waals surface area contributed by atoms with Crippen molar-refractivity contribution in [2.45, 2.75) is 0 Å². The van der Waals surface area contributed by atoms with Crippen LogP contribution in [0.2, 0.25) is 0 Å². The number of nitrogens with zero attached hydrogens (tertiary/aromatic N) is 1. The van der Waals surface area contributed by atoms with Gasteiger partial charge < -0.3 is 5.11 Å². The predicted molar refractivity (Wildman–Crippen MR) is 89.1 cm³/mol. The average Bonchev–Trinajstić information content (AvgIpc) is 2.50. The van der Waals surface area contributed by atoms with E-state index < -0.39 is 16.6 Å². The molecule has 0 radical (unpaired) electrons. The number of rotatable bonds is 2. The normalized spacial score (nSPS) is 10.8. The Morgan fingerprint density at radius 3 is 2.36 bits per heavy atom. The molecule has 1 N–H and O–H groups in total. The first kappa shape index (κ1) is 14.8. The molecule has 0 unspecified atom stereocenters. The van der Waals surface area contributed by atoms with Gasteiger partial charge in [0.2, 0.25) is 0 Å². The molecular weight excluding hydrogens is 370 g/mol. The number of benzene rings is 2. The molecule has 6 heteroatoms. The Morgan fingerprint density at radius 1 is 1.09 bits per heavy atom. The molecule has 0 aliphatic rings. The fourth-order valence-electron chi connectivity index (χ4n) is 2.38. The molecule has 0 spiro atoms. The third kappa shape index (κ3) is 2.32. The lowest BCUT2D eigenvalue weighted by atomic mass is 10.1. The summed E-state index contributed by atoms with van der Waals surface area (Å²) >= 11 is 8.86. The van der Waals surface area contributed by atoms with E-state index in [1.54, 1.807) is 48.5 Å². The summed E-state index contributed by atoms with van der Waals surface area (Å²) in [4.78, 5) is 24.1. The minimum absolute atomic E-state index is 0.171. The molecule has 0 aliphatic heterocycles. The largest absolute Gasteiger partial charge is 0.502 e. The van der Waals surface area contributed by atoms with Gasteiger partial charge in [0, 0.05) is 15.5 Å². The highest BCUT2D eigenvalue weighted by molar-refractivity contribution is 9.10. The maximum absolute atomic E-state index is 12.5. The molecule has 22 heavy (non-hydrogen) atoms. The molecule has 1 heterocycles. The van der Waals surface area contributed by atoms with E-state index in [0.717, 1.165) is 4.47 Å². The molecule has 0 saturated heterocycles. The second kappa shape index (κ2) is 5.59. The number of para-hydroxylation sites is 1. The zero-order valence-corrected chi connectivity index (χ0v) is 13.4. The second-order valence-electron chi connectivity index (χ2n) is 4.63. The average molecular weight is 379 g/mol. The topological polar surface area (TPSA) is 59.3 Å². The number of carbonyl (C=O) groups excluding carboxylic acids is 1. The van der Waals surface area contributed by atoms with E-state index in [4.69, 9.17) is 11.6 Å². The number of aromatic nitrogens is 1. The number of hydrogen-bond donors (Lipinski definition) is 1. The van der Waals surface area contributed by atoms with Gasteiger partial charge in [-0.15, -0.1) is 0 Å². The molecule has 3 rings (SSSR count). The molecule has 0 fully saturated rings. The summed E-state index contributed by atoms with van der Waals surface area (Å²) in [6, 6.07) is 13.8. The van der Waals surface area contributed by atoms with Gasteiger partial charge in [0.15, 0.2) is 5.75 Å². The third-order valence-electron chi connectivity index (χ3n) is 3.34. The Morgan fingerprint density at radius 2 is 1.73 bits per heavy atom. The van der Waals surface area contributed by atoms with Crippen molar-refractivity contribution in [1.29, 1.82) is 0 Å². The summed E-state index contributed by atoms with van der Waals surface area (Å²) in [5.74, 6) is -0.651. The number of aromatic hydroxyl groups is 1. The highest BCUT2D eigenvalue weighted by Crippen LogP contribution is 2.27. The third-order valence-corrected chi connectivity index (χ3v) is 4.06. The lowest BCUT2D eigenvalue weighted by Gasteiger charge is -2.13. The zero-order valence-electron chi connectivity index (χ0n) is 11.1. The van der Waals surface area contributed by atoms with E-state index in [2.05, 4.69) is 15.9 Å². The van der Waals surface area contributed by atoms with Crippen LogP contribution >= 0.6 is 27.5 Å². The number of carbonyl (C=O) groups is 1. The van der Waals surface area contributed by atoms with E-state index >= 15 is 0 Å². The Balaban J connectivity index is 2.49. The van der Waals surface area contributed by atoms with Gasteiger partial charge in [-0.25, -0.2) is 0 Å². The van der Waals surface area contributed by atoms with Crippen molar-refractivity contribution in [3.63, 3.8) is 0 Å². The van der Waals surface area contributed by atoms with Gasteiger partial charge >= 0.3 is 0 Å². The van der Waals surface area contributed by atoms with E-state index in [1.165, 1.54) is 4.57 Å². The van der Waals surface area contributed by atoms with Gasteiger partial charge in [0.25, 0.3) is 10.8 Å². The van der Waals surface area contributed by atoms with Crippen LogP contribution in [0.4, 0.5) is 0 Å². The molecule has 4 nitrogen and oxygen atoms in total. The molecule has 0 aliphatic carbocycles. The van der Waals surface area contributed by atoms with Crippen molar-refractivity contribution >= 4 is 43.7 Å². The maximum atomic E-state index is 12.5. The highest BCUT2D eigenvalue weighted by Gasteiger charge is 2.20. The van der Waals surface area contributed by atoms with Gasteiger partial charge in [-0.2, -0.15) is 0 Å². The Labute approximate surface area is 138 Å².